The third-order valence-electron chi connectivity index (χ3n) is 3.09. The average molecular weight is 394 g/mol. The van der Waals surface area contributed by atoms with Gasteiger partial charge in [-0.25, -0.2) is 36.7 Å². The van der Waals surface area contributed by atoms with Gasteiger partial charge in [-0.05, 0) is 49.7 Å². The Bertz CT molecular complexity index is 330. The number of carbonyl (C=O) groups is 1. The normalized spacial score (nSPS) is 18.1. The number of hydrogen-bond donors (Lipinski definition) is 7. The molecule has 0 amide bonds. The molecule has 7 N–H and O–H groups in total. The molecule has 2 rings (SSSR count). The van der Waals surface area contributed by atoms with Gasteiger partial charge >= 0.3 is 5.97 Å². The van der Waals surface area contributed by atoms with E-state index in [-0.39, 0.29) is 0 Å². The van der Waals surface area contributed by atoms with Crippen molar-refractivity contribution in [2.45, 2.75) is 26.2 Å². The zero-order valence-electron chi connectivity index (χ0n) is 12.7. The molecule has 2 aliphatic rings. The molecule has 0 aromatic carbocycles. The van der Waals surface area contributed by atoms with Gasteiger partial charge in [0.25, 0.3) is 0 Å². The highest BCUT2D eigenvalue weighted by Gasteiger charge is 2.31. The van der Waals surface area contributed by atoms with Crippen molar-refractivity contribution in [2.24, 2.45) is 11.8 Å². The number of carboxylic acids is 1. The summed E-state index contributed by atoms with van der Waals surface area (Å²) in [5.74, 6) is 0.584. The number of aliphatic carboxylic acids is 1. The van der Waals surface area contributed by atoms with Crippen molar-refractivity contribution in [2.75, 3.05) is 0 Å². The fraction of sp³-hybridized carbons (Fsp3) is 0.545. The van der Waals surface area contributed by atoms with E-state index >= 15 is 0 Å². The Morgan fingerprint density at radius 1 is 0.920 bits per heavy atom. The van der Waals surface area contributed by atoms with E-state index in [4.69, 9.17) is 64.1 Å². The summed E-state index contributed by atoms with van der Waals surface area (Å²) >= 11 is 0. The van der Waals surface area contributed by atoms with Gasteiger partial charge in [-0.15, -0.1) is 0 Å². The van der Waals surface area contributed by atoms with Crippen LogP contribution in [0.4, 0.5) is 27.2 Å². The molecule has 0 aromatic heterocycles. The molecule has 2 aliphatic carbocycles. The highest BCUT2D eigenvalue weighted by atomic mass is 19.3. The minimum atomic E-state index is -0.802. The summed E-state index contributed by atoms with van der Waals surface area (Å²) in [5, 5.41) is 41.7. The highest BCUT2D eigenvalue weighted by Crippen LogP contribution is 2.44. The van der Waals surface area contributed by atoms with Crippen molar-refractivity contribution in [3.05, 3.63) is 23.3 Å². The number of allylic oxidation sites excluding steroid dienone is 3. The molecule has 0 radical (unpaired) electrons. The van der Waals surface area contributed by atoms with E-state index in [1.807, 2.05) is 6.08 Å². The monoisotopic (exact) mass is 394 g/mol. The van der Waals surface area contributed by atoms with E-state index in [1.54, 1.807) is 6.92 Å². The SMILES string of the molecule is CC(=CC1=CC2CCC1C2)C(=O)O.OF.OF.OF.OF.OF.OF. The third-order valence-corrected chi connectivity index (χ3v) is 3.09. The molecule has 154 valence electrons. The summed E-state index contributed by atoms with van der Waals surface area (Å²) in [7, 11) is 0. The van der Waals surface area contributed by atoms with Crippen LogP contribution < -0.4 is 0 Å². The molecule has 0 aromatic rings. The van der Waals surface area contributed by atoms with Gasteiger partial charge in [-0.1, -0.05) is 33.2 Å². The Morgan fingerprint density at radius 2 is 1.32 bits per heavy atom. The smallest absolute Gasteiger partial charge is 0.331 e. The van der Waals surface area contributed by atoms with Crippen molar-refractivity contribution in [3.8, 4) is 0 Å². The second kappa shape index (κ2) is 30.2. The van der Waals surface area contributed by atoms with Crippen LogP contribution in [0.3, 0.4) is 0 Å². The molecule has 2 bridgehead atoms. The lowest BCUT2D eigenvalue weighted by molar-refractivity contribution is -0.132. The molecule has 0 aliphatic heterocycles. The molecule has 0 saturated heterocycles. The quantitative estimate of drug-likeness (QED) is 0.274. The lowest BCUT2D eigenvalue weighted by Crippen LogP contribution is -2.00. The van der Waals surface area contributed by atoms with Crippen LogP contribution in [0.2, 0.25) is 0 Å². The molecule has 25 heavy (non-hydrogen) atoms. The maximum absolute atomic E-state index is 10.6. The molecule has 2 atom stereocenters. The van der Waals surface area contributed by atoms with Gasteiger partial charge in [0.2, 0.25) is 0 Å². The predicted octanol–water partition coefficient (Wildman–Crippen LogP) is 1.55. The maximum atomic E-state index is 10.6. The summed E-state index contributed by atoms with van der Waals surface area (Å²) in [6.45, 7) is 1.66. The molecule has 0 spiro atoms. The van der Waals surface area contributed by atoms with E-state index in [1.165, 1.54) is 24.8 Å². The number of fused-ring (bicyclic) bond motifs is 2. The third kappa shape index (κ3) is 16.9. The van der Waals surface area contributed by atoms with Gasteiger partial charge in [0, 0.05) is 5.57 Å². The number of rotatable bonds is 2. The van der Waals surface area contributed by atoms with Crippen molar-refractivity contribution in [1.82, 2.24) is 0 Å². The second-order valence-electron chi connectivity index (χ2n) is 4.07. The molecule has 8 nitrogen and oxygen atoms in total. The summed E-state index contributed by atoms with van der Waals surface area (Å²) in [6.07, 6.45) is 7.89. The molecule has 14 heteroatoms. The Morgan fingerprint density at radius 3 is 1.56 bits per heavy atom. The highest BCUT2D eigenvalue weighted by molar-refractivity contribution is 5.86. The Hall–Kier alpha value is -1.71. The fourth-order valence-corrected chi connectivity index (χ4v) is 2.36. The maximum Gasteiger partial charge on any atom is 0.331 e. The van der Waals surface area contributed by atoms with Crippen molar-refractivity contribution in [3.63, 3.8) is 0 Å². The van der Waals surface area contributed by atoms with Crippen LogP contribution in [0.5, 0.6) is 0 Å². The minimum absolute atomic E-state index is 0.457. The van der Waals surface area contributed by atoms with Crippen molar-refractivity contribution in [1.29, 1.82) is 0 Å². The van der Waals surface area contributed by atoms with Crippen LogP contribution in [0.15, 0.2) is 23.3 Å². The summed E-state index contributed by atoms with van der Waals surface area (Å²) < 4.78 is 51.0. The first-order chi connectivity index (χ1) is 12.2. The lowest BCUT2D eigenvalue weighted by Gasteiger charge is -2.09. The molecule has 1 fully saturated rings. The molecule has 1 saturated carbocycles. The Labute approximate surface area is 137 Å². The molecular formula is C11H20F6O8. The Balaban J connectivity index is -0.0000000952. The van der Waals surface area contributed by atoms with E-state index in [0.29, 0.717) is 11.5 Å². The van der Waals surface area contributed by atoms with Gasteiger partial charge < -0.3 is 5.11 Å². The Kier molecular flexibility index (Phi) is 41.8. The first-order valence-corrected chi connectivity index (χ1v) is 5.81. The summed E-state index contributed by atoms with van der Waals surface area (Å²) in [5.41, 5.74) is 1.72. The fourth-order valence-electron chi connectivity index (χ4n) is 2.36. The first kappa shape index (κ1) is 34.6. The van der Waals surface area contributed by atoms with Crippen LogP contribution in [0, 0.1) is 11.8 Å². The van der Waals surface area contributed by atoms with E-state index in [0.717, 1.165) is 5.92 Å². The van der Waals surface area contributed by atoms with Crippen LogP contribution >= 0.6 is 0 Å². The lowest BCUT2D eigenvalue weighted by atomic mass is 9.97. The van der Waals surface area contributed by atoms with E-state index in [9.17, 15) is 4.79 Å². The van der Waals surface area contributed by atoms with E-state index in [2.05, 4.69) is 6.08 Å². The van der Waals surface area contributed by atoms with Crippen molar-refractivity contribution >= 4 is 5.97 Å². The zero-order chi connectivity index (χ0) is 21.4. The second-order valence-corrected chi connectivity index (χ2v) is 4.07. The topological polar surface area (TPSA) is 159 Å². The van der Waals surface area contributed by atoms with Gasteiger partial charge in [-0.3, -0.25) is 0 Å². The predicted molar refractivity (Wildman–Crippen MR) is 70.3 cm³/mol. The molecule has 2 unspecified atom stereocenters. The van der Waals surface area contributed by atoms with Gasteiger partial charge in [-0.2, -0.15) is 0 Å². The molecular weight excluding hydrogens is 374 g/mol. The first-order valence-electron chi connectivity index (χ1n) is 5.81. The van der Waals surface area contributed by atoms with Crippen LogP contribution in [0.25, 0.3) is 0 Å². The van der Waals surface area contributed by atoms with E-state index < -0.39 is 5.97 Å². The van der Waals surface area contributed by atoms with Gasteiger partial charge in [0.05, 0.1) is 0 Å². The largest absolute Gasteiger partial charge is 0.478 e. The standard InChI is InChI=1S/C11H14O2.6FHO/c1-7(11(12)13)4-10-6-8-2-3-9(10)5-8;6*1-2/h4,6,8-9H,2-3,5H2,1H3,(H,12,13);6*2H. The average Bonchev–Trinajstić information content (AvgIpc) is 3.34. The van der Waals surface area contributed by atoms with Crippen molar-refractivity contribution < 1.29 is 68.9 Å². The summed E-state index contributed by atoms with van der Waals surface area (Å²) in [4.78, 5) is 10.6. The van der Waals surface area contributed by atoms with Gasteiger partial charge in [0.15, 0.2) is 0 Å². The molecule has 0 heterocycles. The number of halogens is 6. The van der Waals surface area contributed by atoms with Crippen LogP contribution in [-0.2, 0) is 4.79 Å². The zero-order valence-corrected chi connectivity index (χ0v) is 12.7. The number of carboxylic acid groups (broad SMARTS) is 1. The van der Waals surface area contributed by atoms with Gasteiger partial charge in [0.1, 0.15) is 0 Å². The minimum Gasteiger partial charge on any atom is -0.478 e. The van der Waals surface area contributed by atoms with Crippen LogP contribution in [-0.4, -0.2) is 42.9 Å². The number of hydrogen-bond acceptors (Lipinski definition) is 7. The van der Waals surface area contributed by atoms with Crippen LogP contribution in [0.1, 0.15) is 26.2 Å². The summed E-state index contributed by atoms with van der Waals surface area (Å²) in [6, 6.07) is 0.